The average Bonchev–Trinajstić information content (AvgIpc) is 3.57. The number of rotatable bonds is 31. The van der Waals surface area contributed by atoms with Gasteiger partial charge in [-0.05, 0) is 51.5 Å². The molecule has 316 valence electrons. The minimum Gasteiger partial charge on any atom is -0.496 e. The molecule has 1 heterocycles. The van der Waals surface area contributed by atoms with Crippen molar-refractivity contribution < 1.29 is 57.1 Å². The highest BCUT2D eigenvalue weighted by atomic mass is 16.6. The number of allylic oxidation sites excluding steroid dienone is 2. The van der Waals surface area contributed by atoms with Gasteiger partial charge in [0.1, 0.15) is 36.9 Å². The van der Waals surface area contributed by atoms with E-state index >= 15 is 0 Å². The van der Waals surface area contributed by atoms with Crippen molar-refractivity contribution in [3.8, 4) is 11.5 Å². The molecule has 1 aliphatic heterocycles. The summed E-state index contributed by atoms with van der Waals surface area (Å²) >= 11 is 0. The third-order valence-corrected chi connectivity index (χ3v) is 9.94. The summed E-state index contributed by atoms with van der Waals surface area (Å²) in [4.78, 5) is 61.1. The standard InChI is InChI=1S/C44H68O12/c1-7-8-9-10-11-12-13-14-15-16-17-18-19-22-39(47)54-30-35(29-53-34(4)45)56-40(48)23-20-21-28-52-43-36(26-24-32(2)25-27-38(46)50-5)42(51-6)33(3)37-31-55-44(49)41(37)43/h24,35H,7-23,25-31H2,1-6H3/b32-24+. The topological polar surface area (TPSA) is 150 Å². The molecule has 0 fully saturated rings. The fraction of sp³-hybridized carbons (Fsp3) is 0.705. The van der Waals surface area contributed by atoms with E-state index in [0.29, 0.717) is 53.9 Å². The number of ether oxygens (including phenoxy) is 7. The highest BCUT2D eigenvalue weighted by Crippen LogP contribution is 2.43. The maximum Gasteiger partial charge on any atom is 0.342 e. The van der Waals surface area contributed by atoms with Crippen LogP contribution in [0, 0.1) is 6.92 Å². The number of methoxy groups -OCH3 is 2. The van der Waals surface area contributed by atoms with Gasteiger partial charge in [0.25, 0.3) is 0 Å². The first-order chi connectivity index (χ1) is 27.0. The molecule has 0 aliphatic carbocycles. The minimum absolute atomic E-state index is 0.0548. The number of benzene rings is 1. The Labute approximate surface area is 334 Å². The average molecular weight is 789 g/mol. The maximum absolute atomic E-state index is 12.8. The Bertz CT molecular complexity index is 1420. The fourth-order valence-electron chi connectivity index (χ4n) is 6.61. The van der Waals surface area contributed by atoms with E-state index in [-0.39, 0.29) is 57.6 Å². The zero-order valence-electron chi connectivity index (χ0n) is 35.0. The van der Waals surface area contributed by atoms with E-state index in [4.69, 9.17) is 33.2 Å². The van der Waals surface area contributed by atoms with E-state index < -0.39 is 24.0 Å². The smallest absolute Gasteiger partial charge is 0.342 e. The van der Waals surface area contributed by atoms with Crippen LogP contribution >= 0.6 is 0 Å². The van der Waals surface area contributed by atoms with Crippen molar-refractivity contribution in [1.29, 1.82) is 0 Å². The number of cyclic esters (lactones) is 1. The second-order valence-corrected chi connectivity index (χ2v) is 14.6. The van der Waals surface area contributed by atoms with E-state index in [1.54, 1.807) is 7.11 Å². The van der Waals surface area contributed by atoms with Crippen LogP contribution in [0.1, 0.15) is 170 Å². The maximum atomic E-state index is 12.8. The summed E-state index contributed by atoms with van der Waals surface area (Å²) in [5, 5.41) is 0. The summed E-state index contributed by atoms with van der Waals surface area (Å²) < 4.78 is 38.1. The molecule has 1 unspecified atom stereocenters. The molecule has 56 heavy (non-hydrogen) atoms. The summed E-state index contributed by atoms with van der Waals surface area (Å²) in [6, 6.07) is 0. The normalized spacial score (nSPS) is 12.8. The van der Waals surface area contributed by atoms with Crippen LogP contribution in [0.15, 0.2) is 11.6 Å². The van der Waals surface area contributed by atoms with E-state index in [1.807, 2.05) is 19.9 Å². The minimum atomic E-state index is -0.918. The Morgan fingerprint density at radius 1 is 0.714 bits per heavy atom. The molecule has 12 nitrogen and oxygen atoms in total. The molecular weight excluding hydrogens is 720 g/mol. The predicted octanol–water partition coefficient (Wildman–Crippen LogP) is 9.16. The quantitative estimate of drug-likeness (QED) is 0.0306. The number of hydrogen-bond donors (Lipinski definition) is 0. The molecule has 0 N–H and O–H groups in total. The Morgan fingerprint density at radius 2 is 1.30 bits per heavy atom. The Kier molecular flexibility index (Phi) is 24.3. The van der Waals surface area contributed by atoms with Gasteiger partial charge in [0.05, 0.1) is 20.8 Å². The molecule has 1 aromatic rings. The highest BCUT2D eigenvalue weighted by Gasteiger charge is 2.33. The van der Waals surface area contributed by atoms with Crippen LogP contribution in [0.4, 0.5) is 0 Å². The molecule has 12 heteroatoms. The van der Waals surface area contributed by atoms with Crippen LogP contribution in [0.5, 0.6) is 11.5 Å². The molecular formula is C44H68O12. The first kappa shape index (κ1) is 48.1. The molecule has 0 spiro atoms. The van der Waals surface area contributed by atoms with E-state index in [0.717, 1.165) is 30.4 Å². The summed E-state index contributed by atoms with van der Waals surface area (Å²) in [6.07, 6.45) is 19.2. The lowest BCUT2D eigenvalue weighted by Crippen LogP contribution is -2.30. The van der Waals surface area contributed by atoms with Crippen molar-refractivity contribution in [3.05, 3.63) is 33.9 Å². The van der Waals surface area contributed by atoms with Crippen LogP contribution in [0.25, 0.3) is 0 Å². The van der Waals surface area contributed by atoms with Crippen LogP contribution in [-0.4, -0.2) is 70.0 Å². The van der Waals surface area contributed by atoms with Gasteiger partial charge in [-0.2, -0.15) is 0 Å². The van der Waals surface area contributed by atoms with Gasteiger partial charge in [-0.25, -0.2) is 4.79 Å². The lowest BCUT2D eigenvalue weighted by atomic mass is 9.94. The van der Waals surface area contributed by atoms with Crippen molar-refractivity contribution in [1.82, 2.24) is 0 Å². The van der Waals surface area contributed by atoms with Crippen LogP contribution in [0.2, 0.25) is 0 Å². The van der Waals surface area contributed by atoms with Gasteiger partial charge in [-0.1, -0.05) is 95.6 Å². The van der Waals surface area contributed by atoms with Crippen LogP contribution in [-0.2, 0) is 55.9 Å². The summed E-state index contributed by atoms with van der Waals surface area (Å²) in [7, 11) is 2.92. The Morgan fingerprint density at radius 3 is 1.91 bits per heavy atom. The van der Waals surface area contributed by atoms with Gasteiger partial charge in [-0.15, -0.1) is 0 Å². The van der Waals surface area contributed by atoms with Crippen molar-refractivity contribution in [3.63, 3.8) is 0 Å². The van der Waals surface area contributed by atoms with Crippen molar-refractivity contribution in [2.24, 2.45) is 0 Å². The van der Waals surface area contributed by atoms with Crippen molar-refractivity contribution >= 4 is 29.8 Å². The van der Waals surface area contributed by atoms with Gasteiger partial charge in [0.2, 0.25) is 0 Å². The van der Waals surface area contributed by atoms with Gasteiger partial charge in [0, 0.05) is 37.3 Å². The number of hydrogen-bond acceptors (Lipinski definition) is 12. The van der Waals surface area contributed by atoms with E-state index in [1.165, 1.54) is 78.2 Å². The second-order valence-electron chi connectivity index (χ2n) is 14.6. The molecule has 1 aromatic carbocycles. The van der Waals surface area contributed by atoms with Crippen LogP contribution < -0.4 is 9.47 Å². The number of carbonyl (C=O) groups is 5. The van der Waals surface area contributed by atoms with Gasteiger partial charge >= 0.3 is 29.8 Å². The monoisotopic (exact) mass is 788 g/mol. The lowest BCUT2D eigenvalue weighted by molar-refractivity contribution is -0.166. The summed E-state index contributed by atoms with van der Waals surface area (Å²) in [5.74, 6) is -1.21. The number of carbonyl (C=O) groups excluding carboxylic acids is 5. The number of fused-ring (bicyclic) bond motifs is 1. The number of unbranched alkanes of at least 4 members (excludes halogenated alkanes) is 13. The van der Waals surface area contributed by atoms with Crippen molar-refractivity contribution in [2.75, 3.05) is 34.0 Å². The second kappa shape index (κ2) is 28.3. The van der Waals surface area contributed by atoms with Crippen molar-refractivity contribution in [2.45, 2.75) is 169 Å². The number of esters is 5. The van der Waals surface area contributed by atoms with Gasteiger partial charge in [0.15, 0.2) is 6.10 Å². The molecule has 0 amide bonds. The third kappa shape index (κ3) is 18.7. The zero-order chi connectivity index (χ0) is 41.1. The van der Waals surface area contributed by atoms with E-state index in [2.05, 4.69) is 6.92 Å². The van der Waals surface area contributed by atoms with Gasteiger partial charge in [-0.3, -0.25) is 19.2 Å². The zero-order valence-corrected chi connectivity index (χ0v) is 35.0. The molecule has 1 aliphatic rings. The molecule has 0 saturated heterocycles. The summed E-state index contributed by atoms with van der Waals surface area (Å²) in [5.41, 5.74) is 3.54. The summed E-state index contributed by atoms with van der Waals surface area (Å²) in [6.45, 7) is 7.20. The SMILES string of the molecule is CCCCCCCCCCCCCCCC(=O)OCC(COC(C)=O)OC(=O)CCCCOc1c(C/C=C(\C)CCC(=O)OC)c(OC)c(C)c2c1C(=O)OC2. The molecule has 0 aromatic heterocycles. The third-order valence-electron chi connectivity index (χ3n) is 9.94. The van der Waals surface area contributed by atoms with E-state index in [9.17, 15) is 24.0 Å². The van der Waals surface area contributed by atoms with Crippen LogP contribution in [0.3, 0.4) is 0 Å². The lowest BCUT2D eigenvalue weighted by Gasteiger charge is -2.20. The molecule has 0 saturated carbocycles. The first-order valence-corrected chi connectivity index (χ1v) is 20.7. The Balaban J connectivity index is 1.81. The first-order valence-electron chi connectivity index (χ1n) is 20.7. The Hall–Kier alpha value is -4.09. The molecule has 2 rings (SSSR count). The molecule has 1 atom stereocenters. The largest absolute Gasteiger partial charge is 0.496 e. The molecule has 0 bridgehead atoms. The highest BCUT2D eigenvalue weighted by molar-refractivity contribution is 5.98. The fourth-order valence-corrected chi connectivity index (χ4v) is 6.61. The molecule has 0 radical (unpaired) electrons. The van der Waals surface area contributed by atoms with Gasteiger partial charge < -0.3 is 33.2 Å². The predicted molar refractivity (Wildman–Crippen MR) is 213 cm³/mol.